The Bertz CT molecular complexity index is 197. The number of carbonyl (C=O) groups is 1. The molecule has 12 heavy (non-hydrogen) atoms. The summed E-state index contributed by atoms with van der Waals surface area (Å²) in [4.78, 5) is 13.3. The highest BCUT2D eigenvalue weighted by molar-refractivity contribution is 6.20. The Hall–Kier alpha value is -1.15. The van der Waals surface area contributed by atoms with E-state index in [0.29, 0.717) is 5.92 Å². The van der Waals surface area contributed by atoms with Crippen LogP contribution in [0.15, 0.2) is 0 Å². The molecule has 0 aromatic heterocycles. The molecule has 68 valence electrons. The fourth-order valence-electron chi connectivity index (χ4n) is 0.709. The summed E-state index contributed by atoms with van der Waals surface area (Å²) in [7, 11) is 0. The number of hydrogen-bond acceptors (Lipinski definition) is 2. The van der Waals surface area contributed by atoms with Gasteiger partial charge in [-0.25, -0.2) is 4.79 Å². The van der Waals surface area contributed by atoms with Gasteiger partial charge < -0.3 is 10.3 Å². The summed E-state index contributed by atoms with van der Waals surface area (Å²) in [6.45, 7) is 5.83. The fourth-order valence-corrected chi connectivity index (χ4v) is 0.709. The minimum atomic E-state index is -0.606. The molecule has 0 bridgehead atoms. The molecule has 2 unspecified atom stereocenters. The van der Waals surface area contributed by atoms with Crippen molar-refractivity contribution in [2.45, 2.75) is 33.3 Å². The van der Waals surface area contributed by atoms with E-state index in [2.05, 4.69) is 4.79 Å². The van der Waals surface area contributed by atoms with Crippen LogP contribution >= 0.6 is 0 Å². The predicted octanol–water partition coefficient (Wildman–Crippen LogP) is 1.26. The lowest BCUT2D eigenvalue weighted by molar-refractivity contribution is -0.145. The quantitative estimate of drug-likeness (QED) is 0.276. The average molecular weight is 170 g/mol. The lowest BCUT2D eigenvalue weighted by Gasteiger charge is -2.16. The molecule has 0 aliphatic rings. The zero-order valence-electron chi connectivity index (χ0n) is 7.65. The summed E-state index contributed by atoms with van der Waals surface area (Å²) in [5.74, 6) is -0.286. The third kappa shape index (κ3) is 3.88. The predicted molar refractivity (Wildman–Crippen MR) is 44.7 cm³/mol. The van der Waals surface area contributed by atoms with Crippen molar-refractivity contribution in [3.8, 4) is 0 Å². The van der Waals surface area contributed by atoms with Crippen molar-refractivity contribution in [1.29, 1.82) is 0 Å². The van der Waals surface area contributed by atoms with E-state index < -0.39 is 5.97 Å². The van der Waals surface area contributed by atoms with E-state index in [1.54, 1.807) is 0 Å². The monoisotopic (exact) mass is 170 g/mol. The molecular weight excluding hydrogens is 156 g/mol. The van der Waals surface area contributed by atoms with Crippen molar-refractivity contribution < 1.29 is 14.3 Å². The van der Waals surface area contributed by atoms with E-state index in [0.717, 1.165) is 12.6 Å². The molecule has 0 aromatic rings. The standard InChI is InChI=1S/C8H14N2O2/c1-4-6(2)7(3)12-8(11)5-10-9/h5-7H,4H2,1-3H3. The van der Waals surface area contributed by atoms with Gasteiger partial charge >= 0.3 is 12.2 Å². The summed E-state index contributed by atoms with van der Waals surface area (Å²) in [5.41, 5.74) is 8.01. The van der Waals surface area contributed by atoms with Gasteiger partial charge in [0.25, 0.3) is 0 Å². The van der Waals surface area contributed by atoms with Crippen LogP contribution in [0.25, 0.3) is 5.53 Å². The van der Waals surface area contributed by atoms with Crippen LogP contribution in [0.4, 0.5) is 0 Å². The summed E-state index contributed by atoms with van der Waals surface area (Å²) in [5, 5.41) is 0. The van der Waals surface area contributed by atoms with Crippen molar-refractivity contribution >= 4 is 12.2 Å². The first-order valence-electron chi connectivity index (χ1n) is 3.99. The Balaban J connectivity index is 3.91. The maximum atomic E-state index is 10.7. The number of nitrogens with zero attached hydrogens (tertiary/aromatic N) is 2. The first-order chi connectivity index (χ1) is 5.61. The van der Waals surface area contributed by atoms with Crippen LogP contribution in [0.2, 0.25) is 0 Å². The second kappa shape index (κ2) is 5.49. The summed E-state index contributed by atoms with van der Waals surface area (Å²) < 4.78 is 4.90. The van der Waals surface area contributed by atoms with E-state index in [-0.39, 0.29) is 6.10 Å². The SMILES string of the molecule is CCC(C)C(C)OC(=O)C=[N+]=[N-]. The second-order valence-corrected chi connectivity index (χ2v) is 2.77. The molecule has 0 aliphatic carbocycles. The molecule has 0 aliphatic heterocycles. The molecule has 0 aromatic carbocycles. The summed E-state index contributed by atoms with van der Waals surface area (Å²) in [6, 6.07) is 0. The molecule has 4 heteroatoms. The van der Waals surface area contributed by atoms with Crippen molar-refractivity contribution in [2.75, 3.05) is 0 Å². The lowest BCUT2D eigenvalue weighted by Crippen LogP contribution is -2.22. The second-order valence-electron chi connectivity index (χ2n) is 2.77. The number of rotatable bonds is 4. The van der Waals surface area contributed by atoms with E-state index in [9.17, 15) is 4.79 Å². The number of ether oxygens (including phenoxy) is 1. The molecule has 0 heterocycles. The van der Waals surface area contributed by atoms with Crippen LogP contribution in [0.3, 0.4) is 0 Å². The molecule has 0 rings (SSSR count). The molecule has 2 atom stereocenters. The molecule has 0 saturated carbocycles. The van der Waals surface area contributed by atoms with Crippen molar-refractivity contribution in [2.24, 2.45) is 5.92 Å². The topological polar surface area (TPSA) is 62.7 Å². The molecular formula is C8H14N2O2. The average Bonchev–Trinajstić information content (AvgIpc) is 2.03. The molecule has 4 nitrogen and oxygen atoms in total. The van der Waals surface area contributed by atoms with Crippen LogP contribution < -0.4 is 0 Å². The Labute approximate surface area is 72.2 Å². The highest BCUT2D eigenvalue weighted by Crippen LogP contribution is 2.09. The Kier molecular flexibility index (Phi) is 4.97. The van der Waals surface area contributed by atoms with E-state index >= 15 is 0 Å². The third-order valence-corrected chi connectivity index (χ3v) is 1.91. The maximum absolute atomic E-state index is 10.7. The first kappa shape index (κ1) is 10.8. The minimum absolute atomic E-state index is 0.138. The fraction of sp³-hybridized carbons (Fsp3) is 0.750. The van der Waals surface area contributed by atoms with Crippen molar-refractivity contribution in [3.05, 3.63) is 5.53 Å². The largest absolute Gasteiger partial charge is 0.454 e. The van der Waals surface area contributed by atoms with Crippen LogP contribution in [0.1, 0.15) is 27.2 Å². The number of carbonyl (C=O) groups excluding carboxylic acids is 1. The van der Waals surface area contributed by atoms with Crippen molar-refractivity contribution in [3.63, 3.8) is 0 Å². The van der Waals surface area contributed by atoms with Gasteiger partial charge in [-0.2, -0.15) is 4.79 Å². The van der Waals surface area contributed by atoms with Gasteiger partial charge in [-0.3, -0.25) is 0 Å². The molecule has 0 spiro atoms. The van der Waals surface area contributed by atoms with Crippen molar-refractivity contribution in [1.82, 2.24) is 0 Å². The van der Waals surface area contributed by atoms with Crippen LogP contribution in [0.5, 0.6) is 0 Å². The number of hydrogen-bond donors (Lipinski definition) is 0. The highest BCUT2D eigenvalue weighted by atomic mass is 16.5. The smallest absolute Gasteiger partial charge is 0.413 e. The van der Waals surface area contributed by atoms with E-state index in [1.807, 2.05) is 20.8 Å². The van der Waals surface area contributed by atoms with Gasteiger partial charge in [0.1, 0.15) is 6.10 Å². The van der Waals surface area contributed by atoms with Gasteiger partial charge in [-0.1, -0.05) is 20.3 Å². The molecule has 0 fully saturated rings. The highest BCUT2D eigenvalue weighted by Gasteiger charge is 2.15. The summed E-state index contributed by atoms with van der Waals surface area (Å²) >= 11 is 0. The van der Waals surface area contributed by atoms with Gasteiger partial charge in [0.15, 0.2) is 0 Å². The first-order valence-corrected chi connectivity index (χ1v) is 3.99. The molecule has 0 N–H and O–H groups in total. The maximum Gasteiger partial charge on any atom is 0.413 e. The molecule has 0 radical (unpaired) electrons. The van der Waals surface area contributed by atoms with Crippen LogP contribution in [0, 0.1) is 5.92 Å². The van der Waals surface area contributed by atoms with Gasteiger partial charge in [-0.05, 0) is 12.8 Å². The third-order valence-electron chi connectivity index (χ3n) is 1.91. The number of esters is 1. The Morgan fingerprint density at radius 3 is 2.67 bits per heavy atom. The van der Waals surface area contributed by atoms with Gasteiger partial charge in [0, 0.05) is 0 Å². The van der Waals surface area contributed by atoms with Crippen LogP contribution in [-0.2, 0) is 9.53 Å². The molecule has 0 amide bonds. The zero-order chi connectivity index (χ0) is 9.56. The normalized spacial score (nSPS) is 14.2. The zero-order valence-corrected chi connectivity index (χ0v) is 7.65. The van der Waals surface area contributed by atoms with Gasteiger partial charge in [0.05, 0.1) is 0 Å². The lowest BCUT2D eigenvalue weighted by atomic mass is 10.0. The summed E-state index contributed by atoms with van der Waals surface area (Å²) in [6.07, 6.45) is 1.56. The van der Waals surface area contributed by atoms with E-state index in [1.165, 1.54) is 0 Å². The van der Waals surface area contributed by atoms with E-state index in [4.69, 9.17) is 10.3 Å². The molecule has 0 saturated heterocycles. The van der Waals surface area contributed by atoms with Crippen LogP contribution in [-0.4, -0.2) is 23.1 Å². The van der Waals surface area contributed by atoms with Gasteiger partial charge in [-0.15, -0.1) is 0 Å². The van der Waals surface area contributed by atoms with Gasteiger partial charge in [0.2, 0.25) is 0 Å². The minimum Gasteiger partial charge on any atom is -0.454 e. The Morgan fingerprint density at radius 2 is 2.25 bits per heavy atom. The Morgan fingerprint density at radius 1 is 1.67 bits per heavy atom.